The minimum Gasteiger partial charge on any atom is -0.480 e. The lowest BCUT2D eigenvalue weighted by atomic mass is 10.1. The quantitative estimate of drug-likeness (QED) is 0.824. The summed E-state index contributed by atoms with van der Waals surface area (Å²) in [5.41, 5.74) is -0.646. The van der Waals surface area contributed by atoms with Crippen molar-refractivity contribution in [1.29, 1.82) is 0 Å². The van der Waals surface area contributed by atoms with E-state index in [4.69, 9.17) is 5.11 Å². The largest absolute Gasteiger partial charge is 0.480 e. The lowest BCUT2D eigenvalue weighted by Crippen LogP contribution is -2.50. The Balaban J connectivity index is 2.03. The molecule has 0 fully saturated rings. The van der Waals surface area contributed by atoms with Gasteiger partial charge >= 0.3 is 5.97 Å². The van der Waals surface area contributed by atoms with E-state index in [1.54, 1.807) is 11.3 Å². The average Bonchev–Trinajstić information content (AvgIpc) is 2.97. The molecule has 21 heavy (non-hydrogen) atoms. The predicted octanol–water partition coefficient (Wildman–Crippen LogP) is 3.16. The molecule has 112 valence electrons. The predicted molar refractivity (Wildman–Crippen MR) is 86.7 cm³/mol. The first-order valence-electron chi connectivity index (χ1n) is 6.01. The van der Waals surface area contributed by atoms with E-state index in [2.05, 4.69) is 26.2 Å². The van der Waals surface area contributed by atoms with Crippen LogP contribution in [0, 0.1) is 0 Å². The fourth-order valence-corrected chi connectivity index (χ4v) is 3.86. The number of nitrogens with one attached hydrogen (secondary N) is 1. The molecule has 0 atom stereocenters. The van der Waals surface area contributed by atoms with Crippen LogP contribution in [0.2, 0.25) is 0 Å². The van der Waals surface area contributed by atoms with Crippen molar-refractivity contribution >= 4 is 50.5 Å². The lowest BCUT2D eigenvalue weighted by molar-refractivity contribution is -0.145. The Hall–Kier alpha value is -1.25. The summed E-state index contributed by atoms with van der Waals surface area (Å²) in [6.45, 7) is 2.89. The summed E-state index contributed by atoms with van der Waals surface area (Å²) in [5.74, 6) is -1.43. The maximum absolute atomic E-state index is 11.9. The van der Waals surface area contributed by atoms with Crippen molar-refractivity contribution in [2.75, 3.05) is 0 Å². The Morgan fingerprint density at radius 1 is 1.38 bits per heavy atom. The second-order valence-corrected chi connectivity index (χ2v) is 7.61. The number of carbonyl (C=O) groups is 2. The Bertz CT molecular complexity index is 679. The molecule has 0 aliphatic heterocycles. The topological polar surface area (TPSA) is 79.3 Å². The molecule has 0 aliphatic carbocycles. The van der Waals surface area contributed by atoms with Crippen LogP contribution < -0.4 is 5.32 Å². The van der Waals surface area contributed by atoms with Gasteiger partial charge in [0.2, 0.25) is 5.91 Å². The van der Waals surface area contributed by atoms with Crippen LogP contribution in [-0.4, -0.2) is 27.5 Å². The fourth-order valence-electron chi connectivity index (χ4n) is 1.54. The molecule has 0 saturated heterocycles. The highest BCUT2D eigenvalue weighted by Crippen LogP contribution is 2.32. The van der Waals surface area contributed by atoms with Crippen LogP contribution in [0.5, 0.6) is 0 Å². The lowest BCUT2D eigenvalue weighted by Gasteiger charge is -2.20. The zero-order chi connectivity index (χ0) is 15.6. The molecule has 0 saturated carbocycles. The molecular weight excluding hydrogens is 376 g/mol. The van der Waals surface area contributed by atoms with E-state index < -0.39 is 11.5 Å². The molecule has 8 heteroatoms. The van der Waals surface area contributed by atoms with E-state index in [0.29, 0.717) is 5.69 Å². The first-order chi connectivity index (χ1) is 9.78. The van der Waals surface area contributed by atoms with E-state index in [1.165, 1.54) is 25.2 Å². The monoisotopic (exact) mass is 388 g/mol. The summed E-state index contributed by atoms with van der Waals surface area (Å²) in [6.07, 6.45) is 0.0692. The number of aliphatic carboxylic acids is 1. The van der Waals surface area contributed by atoms with E-state index in [-0.39, 0.29) is 12.3 Å². The van der Waals surface area contributed by atoms with Crippen molar-refractivity contribution in [3.05, 3.63) is 27.0 Å². The molecule has 0 aliphatic rings. The summed E-state index contributed by atoms with van der Waals surface area (Å²) in [5, 5.41) is 16.1. The molecule has 1 amide bonds. The van der Waals surface area contributed by atoms with Gasteiger partial charge in [-0.2, -0.15) is 0 Å². The average molecular weight is 389 g/mol. The van der Waals surface area contributed by atoms with Crippen LogP contribution in [0.4, 0.5) is 0 Å². The van der Waals surface area contributed by atoms with Crippen molar-refractivity contribution in [2.45, 2.75) is 25.8 Å². The van der Waals surface area contributed by atoms with E-state index in [1.807, 2.05) is 16.8 Å². The smallest absolute Gasteiger partial charge is 0.328 e. The van der Waals surface area contributed by atoms with E-state index in [0.717, 1.165) is 14.4 Å². The Labute approximate surface area is 138 Å². The normalized spacial score (nSPS) is 11.4. The Morgan fingerprint density at radius 2 is 2.10 bits per heavy atom. The first kappa shape index (κ1) is 16.1. The maximum Gasteiger partial charge on any atom is 0.328 e. The molecule has 2 aromatic heterocycles. The SMILES string of the molecule is CC(C)(NC(=O)Cc1csc(-c2cc(Br)cs2)n1)C(=O)O. The number of amides is 1. The Morgan fingerprint density at radius 3 is 2.67 bits per heavy atom. The highest BCUT2D eigenvalue weighted by Gasteiger charge is 2.29. The molecule has 0 radical (unpaired) electrons. The van der Waals surface area contributed by atoms with Gasteiger partial charge in [0.25, 0.3) is 0 Å². The van der Waals surface area contributed by atoms with Gasteiger partial charge in [0.15, 0.2) is 0 Å². The third kappa shape index (κ3) is 4.12. The summed E-state index contributed by atoms with van der Waals surface area (Å²) in [4.78, 5) is 28.3. The number of carbonyl (C=O) groups excluding carboxylic acids is 1. The second-order valence-electron chi connectivity index (χ2n) is 4.93. The number of hydrogen-bond acceptors (Lipinski definition) is 5. The minimum atomic E-state index is -1.28. The van der Waals surface area contributed by atoms with Gasteiger partial charge in [-0.05, 0) is 35.8 Å². The number of thiazole rings is 1. The zero-order valence-corrected chi connectivity index (χ0v) is 14.6. The van der Waals surface area contributed by atoms with Crippen LogP contribution in [0.3, 0.4) is 0 Å². The zero-order valence-electron chi connectivity index (χ0n) is 11.3. The van der Waals surface area contributed by atoms with Gasteiger partial charge in [-0.1, -0.05) is 0 Å². The number of hydrogen-bond donors (Lipinski definition) is 2. The standard InChI is InChI=1S/C13H13BrN2O3S2/c1-13(2,12(18)19)16-10(17)4-8-6-21-11(15-8)9-3-7(14)5-20-9/h3,5-6H,4H2,1-2H3,(H,16,17)(H,18,19). The van der Waals surface area contributed by atoms with Crippen molar-refractivity contribution in [2.24, 2.45) is 0 Å². The fraction of sp³-hybridized carbons (Fsp3) is 0.308. The molecule has 0 unspecified atom stereocenters. The molecule has 0 bridgehead atoms. The van der Waals surface area contributed by atoms with Gasteiger partial charge in [-0.15, -0.1) is 22.7 Å². The molecule has 0 spiro atoms. The van der Waals surface area contributed by atoms with Crippen LogP contribution >= 0.6 is 38.6 Å². The number of thiophene rings is 1. The minimum absolute atomic E-state index is 0.0692. The molecule has 0 aromatic carbocycles. The molecular formula is C13H13BrN2O3S2. The van der Waals surface area contributed by atoms with Gasteiger partial charge in [0.05, 0.1) is 17.0 Å². The van der Waals surface area contributed by atoms with Gasteiger partial charge in [-0.3, -0.25) is 4.79 Å². The summed E-state index contributed by atoms with van der Waals surface area (Å²) < 4.78 is 1.00. The first-order valence-corrected chi connectivity index (χ1v) is 8.56. The van der Waals surface area contributed by atoms with Crippen molar-refractivity contribution in [3.63, 3.8) is 0 Å². The molecule has 2 N–H and O–H groups in total. The van der Waals surface area contributed by atoms with Gasteiger partial charge in [0.1, 0.15) is 10.5 Å². The third-order valence-corrected chi connectivity index (χ3v) is 5.41. The molecule has 2 aromatic rings. The second kappa shape index (κ2) is 6.25. The van der Waals surface area contributed by atoms with Gasteiger partial charge in [0, 0.05) is 15.2 Å². The number of nitrogens with zero attached hydrogens (tertiary/aromatic N) is 1. The maximum atomic E-state index is 11.9. The van der Waals surface area contributed by atoms with Crippen LogP contribution in [0.25, 0.3) is 9.88 Å². The van der Waals surface area contributed by atoms with E-state index in [9.17, 15) is 9.59 Å². The van der Waals surface area contributed by atoms with Crippen molar-refractivity contribution < 1.29 is 14.7 Å². The van der Waals surface area contributed by atoms with Crippen molar-refractivity contribution in [3.8, 4) is 9.88 Å². The highest BCUT2D eigenvalue weighted by atomic mass is 79.9. The number of aromatic nitrogens is 1. The van der Waals surface area contributed by atoms with Crippen molar-refractivity contribution in [1.82, 2.24) is 10.3 Å². The van der Waals surface area contributed by atoms with Crippen LogP contribution in [0.1, 0.15) is 19.5 Å². The number of rotatable bonds is 5. The summed E-state index contributed by atoms with van der Waals surface area (Å²) in [7, 11) is 0. The van der Waals surface area contributed by atoms with E-state index >= 15 is 0 Å². The number of carboxylic acid groups (broad SMARTS) is 1. The summed E-state index contributed by atoms with van der Waals surface area (Å²) >= 11 is 6.43. The number of halogens is 1. The highest BCUT2D eigenvalue weighted by molar-refractivity contribution is 9.10. The van der Waals surface area contributed by atoms with Crippen LogP contribution in [-0.2, 0) is 16.0 Å². The van der Waals surface area contributed by atoms with Crippen LogP contribution in [0.15, 0.2) is 21.3 Å². The Kier molecular flexibility index (Phi) is 4.80. The van der Waals surface area contributed by atoms with Gasteiger partial charge < -0.3 is 10.4 Å². The molecule has 2 rings (SSSR count). The van der Waals surface area contributed by atoms with Gasteiger partial charge in [-0.25, -0.2) is 9.78 Å². The molecule has 2 heterocycles. The number of carboxylic acids is 1. The molecule has 5 nitrogen and oxygen atoms in total. The third-order valence-electron chi connectivity index (χ3n) is 2.66. The summed E-state index contributed by atoms with van der Waals surface area (Å²) in [6, 6.07) is 1.97.